The Morgan fingerprint density at radius 1 is 1.32 bits per heavy atom. The van der Waals surface area contributed by atoms with Crippen LogP contribution in [0.2, 0.25) is 0 Å². The lowest BCUT2D eigenvalue weighted by Crippen LogP contribution is -2.59. The van der Waals surface area contributed by atoms with Crippen molar-refractivity contribution in [1.82, 2.24) is 15.1 Å². The van der Waals surface area contributed by atoms with Gasteiger partial charge in [0.2, 0.25) is 0 Å². The second-order valence-corrected chi connectivity index (χ2v) is 7.46. The van der Waals surface area contributed by atoms with Crippen LogP contribution in [0, 0.1) is 12.8 Å². The molecule has 0 aliphatic carbocycles. The number of rotatable bonds is 6. The van der Waals surface area contributed by atoms with E-state index in [-0.39, 0.29) is 12.1 Å². The number of aryl methyl sites for hydroxylation is 1. The monoisotopic (exact) mass is 345 g/mol. The Morgan fingerprint density at radius 3 is 2.92 bits per heavy atom. The van der Waals surface area contributed by atoms with Crippen molar-refractivity contribution < 1.29 is 9.53 Å². The largest absolute Gasteiger partial charge is 0.487 e. The molecule has 1 atom stereocenters. The van der Waals surface area contributed by atoms with E-state index in [9.17, 15) is 4.79 Å². The Kier molecular flexibility index (Phi) is 6.19. The van der Waals surface area contributed by atoms with Crippen LogP contribution in [0.4, 0.5) is 4.79 Å². The molecule has 0 spiro atoms. The van der Waals surface area contributed by atoms with Crippen molar-refractivity contribution in [3.8, 4) is 5.75 Å². The van der Waals surface area contributed by atoms with Crippen LogP contribution in [-0.2, 0) is 0 Å². The van der Waals surface area contributed by atoms with E-state index in [2.05, 4.69) is 30.1 Å². The quantitative estimate of drug-likeness (QED) is 0.862. The van der Waals surface area contributed by atoms with E-state index < -0.39 is 0 Å². The van der Waals surface area contributed by atoms with Crippen molar-refractivity contribution >= 4 is 6.03 Å². The molecule has 0 unspecified atom stereocenters. The van der Waals surface area contributed by atoms with E-state index in [4.69, 9.17) is 4.74 Å². The summed E-state index contributed by atoms with van der Waals surface area (Å²) in [5, 5.41) is 3.12. The zero-order chi connectivity index (χ0) is 17.6. The van der Waals surface area contributed by atoms with Crippen molar-refractivity contribution in [3.63, 3.8) is 0 Å². The molecule has 138 valence electrons. The van der Waals surface area contributed by atoms with Crippen molar-refractivity contribution in [3.05, 3.63) is 29.8 Å². The van der Waals surface area contributed by atoms with E-state index in [1.54, 1.807) is 0 Å². The highest BCUT2D eigenvalue weighted by Crippen LogP contribution is 2.20. The Hall–Kier alpha value is -1.75. The molecule has 2 fully saturated rings. The second kappa shape index (κ2) is 8.56. The van der Waals surface area contributed by atoms with E-state index >= 15 is 0 Å². The SMILES string of the molecule is CCCN1CCC[C@@H](CNC(=O)N2CC(Oc3cccc(C)c3)C2)C1. The first-order valence-corrected chi connectivity index (χ1v) is 9.62. The number of benzene rings is 1. The fourth-order valence-electron chi connectivity index (χ4n) is 3.74. The molecule has 0 radical (unpaired) electrons. The minimum absolute atomic E-state index is 0.0525. The average Bonchev–Trinajstić information content (AvgIpc) is 2.56. The molecular weight excluding hydrogens is 314 g/mol. The molecule has 25 heavy (non-hydrogen) atoms. The Bertz CT molecular complexity index is 570. The van der Waals surface area contributed by atoms with Crippen LogP contribution in [-0.4, -0.2) is 61.2 Å². The van der Waals surface area contributed by atoms with Crippen LogP contribution < -0.4 is 10.1 Å². The summed E-state index contributed by atoms with van der Waals surface area (Å²) < 4.78 is 5.92. The van der Waals surface area contributed by atoms with Crippen LogP contribution in [0.5, 0.6) is 5.75 Å². The van der Waals surface area contributed by atoms with Gasteiger partial charge in [0.25, 0.3) is 0 Å². The number of piperidine rings is 1. The molecule has 5 nitrogen and oxygen atoms in total. The van der Waals surface area contributed by atoms with Gasteiger partial charge in [-0.1, -0.05) is 19.1 Å². The molecule has 3 rings (SSSR count). The molecule has 0 aromatic heterocycles. The first kappa shape index (κ1) is 18.1. The molecule has 2 aliphatic heterocycles. The van der Waals surface area contributed by atoms with Gasteiger partial charge in [-0.15, -0.1) is 0 Å². The van der Waals surface area contributed by atoms with Gasteiger partial charge in [-0.05, 0) is 62.9 Å². The maximum atomic E-state index is 12.3. The summed E-state index contributed by atoms with van der Waals surface area (Å²) in [6.07, 6.45) is 3.79. The molecule has 5 heteroatoms. The third-order valence-corrected chi connectivity index (χ3v) is 5.11. The predicted octanol–water partition coefficient (Wildman–Crippen LogP) is 2.89. The Balaban J connectivity index is 1.35. The lowest BCUT2D eigenvalue weighted by Gasteiger charge is -2.39. The number of nitrogens with zero attached hydrogens (tertiary/aromatic N) is 2. The summed E-state index contributed by atoms with van der Waals surface area (Å²) in [5.74, 6) is 1.48. The molecule has 2 aliphatic rings. The van der Waals surface area contributed by atoms with Crippen molar-refractivity contribution in [2.24, 2.45) is 5.92 Å². The van der Waals surface area contributed by atoms with Gasteiger partial charge in [0.05, 0.1) is 13.1 Å². The summed E-state index contributed by atoms with van der Waals surface area (Å²) in [6.45, 7) is 9.92. The third kappa shape index (κ3) is 5.11. The average molecular weight is 345 g/mol. The first-order valence-electron chi connectivity index (χ1n) is 9.62. The van der Waals surface area contributed by atoms with Crippen molar-refractivity contribution in [2.75, 3.05) is 39.3 Å². The summed E-state index contributed by atoms with van der Waals surface area (Å²) in [5.41, 5.74) is 1.19. The molecule has 2 heterocycles. The highest BCUT2D eigenvalue weighted by molar-refractivity contribution is 5.75. The Labute approximate surface area is 151 Å². The smallest absolute Gasteiger partial charge is 0.317 e. The minimum atomic E-state index is 0.0525. The number of nitrogens with one attached hydrogen (secondary N) is 1. The number of likely N-dealkylation sites (tertiary alicyclic amines) is 2. The standard InChI is InChI=1S/C20H31N3O2/c1-3-9-22-10-5-7-17(13-22)12-21-20(24)23-14-19(15-23)25-18-8-4-6-16(2)11-18/h4,6,8,11,17,19H,3,5,7,9-10,12-15H2,1-2H3,(H,21,24)/t17-/m0/s1. The summed E-state index contributed by atoms with van der Waals surface area (Å²) in [4.78, 5) is 16.6. The van der Waals surface area contributed by atoms with Crippen LogP contribution in [0.3, 0.4) is 0 Å². The number of ether oxygens (including phenoxy) is 1. The van der Waals surface area contributed by atoms with Crippen molar-refractivity contribution in [2.45, 2.75) is 39.2 Å². The van der Waals surface area contributed by atoms with Gasteiger partial charge in [0.15, 0.2) is 0 Å². The maximum absolute atomic E-state index is 12.3. The number of carbonyl (C=O) groups excluding carboxylic acids is 1. The van der Waals surface area contributed by atoms with Gasteiger partial charge in [0.1, 0.15) is 11.9 Å². The maximum Gasteiger partial charge on any atom is 0.317 e. The topological polar surface area (TPSA) is 44.8 Å². The van der Waals surface area contributed by atoms with Gasteiger partial charge in [-0.25, -0.2) is 4.79 Å². The second-order valence-electron chi connectivity index (χ2n) is 7.46. The van der Waals surface area contributed by atoms with E-state index in [0.29, 0.717) is 19.0 Å². The first-order chi connectivity index (χ1) is 12.1. The Morgan fingerprint density at radius 2 is 2.16 bits per heavy atom. The molecule has 1 aromatic carbocycles. The number of carbonyl (C=O) groups is 1. The summed E-state index contributed by atoms with van der Waals surface area (Å²) in [7, 11) is 0. The van der Waals surface area contributed by atoms with E-state index in [1.807, 2.05) is 23.1 Å². The molecule has 1 aromatic rings. The lowest BCUT2D eigenvalue weighted by molar-refractivity contribution is 0.0436. The fraction of sp³-hybridized carbons (Fsp3) is 0.650. The van der Waals surface area contributed by atoms with Crippen LogP contribution in [0.25, 0.3) is 0 Å². The van der Waals surface area contributed by atoms with Crippen LogP contribution in [0.15, 0.2) is 24.3 Å². The van der Waals surface area contributed by atoms with Gasteiger partial charge in [0, 0.05) is 13.1 Å². The van der Waals surface area contributed by atoms with E-state index in [1.165, 1.54) is 37.9 Å². The number of amides is 2. The number of hydrogen-bond acceptors (Lipinski definition) is 3. The number of urea groups is 1. The van der Waals surface area contributed by atoms with Gasteiger partial charge in [-0.3, -0.25) is 0 Å². The zero-order valence-electron chi connectivity index (χ0n) is 15.5. The molecular formula is C20H31N3O2. The summed E-state index contributed by atoms with van der Waals surface area (Å²) >= 11 is 0. The van der Waals surface area contributed by atoms with Crippen molar-refractivity contribution in [1.29, 1.82) is 0 Å². The molecule has 0 bridgehead atoms. The van der Waals surface area contributed by atoms with Gasteiger partial charge < -0.3 is 19.9 Å². The minimum Gasteiger partial charge on any atom is -0.487 e. The molecule has 2 amide bonds. The fourth-order valence-corrected chi connectivity index (χ4v) is 3.74. The number of hydrogen-bond donors (Lipinski definition) is 1. The predicted molar refractivity (Wildman–Crippen MR) is 100 cm³/mol. The molecule has 0 saturated carbocycles. The van der Waals surface area contributed by atoms with E-state index in [0.717, 1.165) is 18.8 Å². The third-order valence-electron chi connectivity index (χ3n) is 5.11. The lowest BCUT2D eigenvalue weighted by atomic mass is 9.98. The van der Waals surface area contributed by atoms with Crippen LogP contribution >= 0.6 is 0 Å². The van der Waals surface area contributed by atoms with Crippen LogP contribution in [0.1, 0.15) is 31.7 Å². The normalized spacial score (nSPS) is 21.7. The summed E-state index contributed by atoms with van der Waals surface area (Å²) in [6, 6.07) is 8.12. The molecule has 2 saturated heterocycles. The molecule has 1 N–H and O–H groups in total. The van der Waals surface area contributed by atoms with Gasteiger partial charge in [-0.2, -0.15) is 0 Å². The highest BCUT2D eigenvalue weighted by Gasteiger charge is 2.32. The zero-order valence-corrected chi connectivity index (χ0v) is 15.5. The highest BCUT2D eigenvalue weighted by atomic mass is 16.5. The van der Waals surface area contributed by atoms with Gasteiger partial charge >= 0.3 is 6.03 Å².